The maximum atomic E-state index is 13.0. The number of aryl methyl sites for hydroxylation is 1. The third-order valence-corrected chi connectivity index (χ3v) is 5.43. The molecule has 1 amide bonds. The number of hydrogen-bond donors (Lipinski definition) is 1. The summed E-state index contributed by atoms with van der Waals surface area (Å²) >= 11 is 0. The van der Waals surface area contributed by atoms with Gasteiger partial charge in [0.15, 0.2) is 5.76 Å². The number of furan rings is 1. The molecule has 5 nitrogen and oxygen atoms in total. The summed E-state index contributed by atoms with van der Waals surface area (Å²) in [7, 11) is 0. The number of aromatic nitrogens is 1. The number of nitrogens with one attached hydrogen (secondary N) is 1. The number of aromatic amines is 1. The lowest BCUT2D eigenvalue weighted by atomic mass is 9.93. The summed E-state index contributed by atoms with van der Waals surface area (Å²) in [5, 5.41) is 0.976. The van der Waals surface area contributed by atoms with E-state index in [2.05, 4.69) is 4.98 Å². The Morgan fingerprint density at radius 1 is 1.19 bits per heavy atom. The van der Waals surface area contributed by atoms with Crippen LogP contribution in [0.1, 0.15) is 53.8 Å². The van der Waals surface area contributed by atoms with Crippen molar-refractivity contribution in [3.05, 3.63) is 69.9 Å². The third-order valence-electron chi connectivity index (χ3n) is 5.43. The number of nitrogens with zero attached hydrogens (tertiary/aromatic N) is 1. The largest absolute Gasteiger partial charge is 0.459 e. The average molecular weight is 364 g/mol. The van der Waals surface area contributed by atoms with Crippen LogP contribution in [0.4, 0.5) is 0 Å². The van der Waals surface area contributed by atoms with Crippen LogP contribution >= 0.6 is 0 Å². The van der Waals surface area contributed by atoms with Gasteiger partial charge in [-0.1, -0.05) is 31.4 Å². The molecular formula is C22H24N2O3. The smallest absolute Gasteiger partial charge is 0.290 e. The van der Waals surface area contributed by atoms with Crippen molar-refractivity contribution in [2.24, 2.45) is 0 Å². The molecule has 2 aromatic heterocycles. The molecule has 4 rings (SSSR count). The molecule has 0 unspecified atom stereocenters. The monoisotopic (exact) mass is 364 g/mol. The minimum Gasteiger partial charge on any atom is -0.459 e. The summed E-state index contributed by atoms with van der Waals surface area (Å²) in [6.45, 7) is 2.29. The van der Waals surface area contributed by atoms with Crippen LogP contribution in [0.2, 0.25) is 0 Å². The van der Waals surface area contributed by atoms with Gasteiger partial charge in [-0.25, -0.2) is 0 Å². The summed E-state index contributed by atoms with van der Waals surface area (Å²) in [6.07, 6.45) is 6.88. The highest BCUT2D eigenvalue weighted by atomic mass is 16.3. The Kier molecular flexibility index (Phi) is 4.84. The van der Waals surface area contributed by atoms with Gasteiger partial charge in [-0.3, -0.25) is 9.59 Å². The molecule has 140 valence electrons. The van der Waals surface area contributed by atoms with Gasteiger partial charge in [0.05, 0.1) is 12.8 Å². The first-order chi connectivity index (χ1) is 13.1. The first kappa shape index (κ1) is 17.6. The first-order valence-corrected chi connectivity index (χ1v) is 9.59. The molecule has 1 aliphatic carbocycles. The quantitative estimate of drug-likeness (QED) is 0.746. The zero-order valence-electron chi connectivity index (χ0n) is 15.5. The molecule has 0 radical (unpaired) electrons. The molecule has 0 saturated heterocycles. The van der Waals surface area contributed by atoms with Gasteiger partial charge in [-0.05, 0) is 55.0 Å². The second-order valence-electron chi connectivity index (χ2n) is 7.42. The lowest BCUT2D eigenvalue weighted by Gasteiger charge is -2.33. The van der Waals surface area contributed by atoms with Crippen LogP contribution in [-0.4, -0.2) is 21.8 Å². The first-order valence-electron chi connectivity index (χ1n) is 9.59. The zero-order chi connectivity index (χ0) is 18.8. The number of fused-ring (bicyclic) bond motifs is 1. The number of carbonyl (C=O) groups is 1. The SMILES string of the molecule is Cc1ccc2cc(CN(C(=O)c3ccco3)C3CCCCC3)c(=O)[nH]c2c1. The van der Waals surface area contributed by atoms with Gasteiger partial charge in [0.2, 0.25) is 0 Å². The van der Waals surface area contributed by atoms with Gasteiger partial charge in [0.1, 0.15) is 0 Å². The van der Waals surface area contributed by atoms with Crippen LogP contribution in [0.15, 0.2) is 51.9 Å². The fourth-order valence-corrected chi connectivity index (χ4v) is 3.96. The minimum absolute atomic E-state index is 0.138. The Bertz CT molecular complexity index is 998. The predicted molar refractivity (Wildman–Crippen MR) is 105 cm³/mol. The number of benzene rings is 1. The fourth-order valence-electron chi connectivity index (χ4n) is 3.96. The number of pyridine rings is 1. The highest BCUT2D eigenvalue weighted by Gasteiger charge is 2.28. The summed E-state index contributed by atoms with van der Waals surface area (Å²) in [5.41, 5.74) is 2.39. The summed E-state index contributed by atoms with van der Waals surface area (Å²) in [6, 6.07) is 11.4. The topological polar surface area (TPSA) is 66.3 Å². The number of carbonyl (C=O) groups excluding carboxylic acids is 1. The second-order valence-corrected chi connectivity index (χ2v) is 7.42. The van der Waals surface area contributed by atoms with Gasteiger partial charge in [-0.15, -0.1) is 0 Å². The molecular weight excluding hydrogens is 340 g/mol. The van der Waals surface area contributed by atoms with Gasteiger partial charge in [0, 0.05) is 17.1 Å². The van der Waals surface area contributed by atoms with Crippen molar-refractivity contribution in [3.63, 3.8) is 0 Å². The van der Waals surface area contributed by atoms with Crippen LogP contribution in [-0.2, 0) is 6.54 Å². The van der Waals surface area contributed by atoms with E-state index in [4.69, 9.17) is 4.42 Å². The Morgan fingerprint density at radius 2 is 2.00 bits per heavy atom. The Morgan fingerprint density at radius 3 is 2.74 bits per heavy atom. The third kappa shape index (κ3) is 3.68. The van der Waals surface area contributed by atoms with Gasteiger partial charge in [-0.2, -0.15) is 0 Å². The molecule has 0 spiro atoms. The molecule has 0 atom stereocenters. The summed E-state index contributed by atoms with van der Waals surface area (Å²) < 4.78 is 5.34. The van der Waals surface area contributed by atoms with Crippen molar-refractivity contribution >= 4 is 16.8 Å². The average Bonchev–Trinajstić information content (AvgIpc) is 3.21. The van der Waals surface area contributed by atoms with E-state index in [1.165, 1.54) is 12.7 Å². The minimum atomic E-state index is -0.143. The van der Waals surface area contributed by atoms with E-state index in [0.29, 0.717) is 17.9 Å². The summed E-state index contributed by atoms with van der Waals surface area (Å²) in [4.78, 5) is 30.5. The van der Waals surface area contributed by atoms with Crippen molar-refractivity contribution in [1.82, 2.24) is 9.88 Å². The van der Waals surface area contributed by atoms with Crippen molar-refractivity contribution in [2.45, 2.75) is 51.6 Å². The Balaban J connectivity index is 1.69. The fraction of sp³-hybridized carbons (Fsp3) is 0.364. The van der Waals surface area contributed by atoms with Crippen LogP contribution in [0.3, 0.4) is 0 Å². The van der Waals surface area contributed by atoms with Crippen LogP contribution in [0.25, 0.3) is 10.9 Å². The molecule has 27 heavy (non-hydrogen) atoms. The van der Waals surface area contributed by atoms with E-state index in [-0.39, 0.29) is 17.5 Å². The van der Waals surface area contributed by atoms with E-state index in [0.717, 1.165) is 42.1 Å². The molecule has 5 heteroatoms. The lowest BCUT2D eigenvalue weighted by molar-refractivity contribution is 0.0581. The molecule has 2 heterocycles. The Hall–Kier alpha value is -2.82. The normalized spacial score (nSPS) is 15.1. The maximum absolute atomic E-state index is 13.0. The number of hydrogen-bond acceptors (Lipinski definition) is 3. The van der Waals surface area contributed by atoms with E-state index in [1.807, 2.05) is 36.1 Å². The molecule has 1 aliphatic rings. The van der Waals surface area contributed by atoms with Crippen LogP contribution < -0.4 is 5.56 Å². The highest BCUT2D eigenvalue weighted by molar-refractivity contribution is 5.91. The predicted octanol–water partition coefficient (Wildman–Crippen LogP) is 4.40. The molecule has 1 fully saturated rings. The molecule has 1 N–H and O–H groups in total. The van der Waals surface area contributed by atoms with E-state index >= 15 is 0 Å². The van der Waals surface area contributed by atoms with Gasteiger partial charge < -0.3 is 14.3 Å². The van der Waals surface area contributed by atoms with Gasteiger partial charge >= 0.3 is 0 Å². The highest BCUT2D eigenvalue weighted by Crippen LogP contribution is 2.26. The van der Waals surface area contributed by atoms with Crippen molar-refractivity contribution < 1.29 is 9.21 Å². The molecule has 0 bridgehead atoms. The number of H-pyrrole nitrogens is 1. The Labute approximate surface area is 158 Å². The molecule has 3 aromatic rings. The lowest BCUT2D eigenvalue weighted by Crippen LogP contribution is -2.42. The number of amides is 1. The second kappa shape index (κ2) is 7.43. The molecule has 0 aliphatic heterocycles. The van der Waals surface area contributed by atoms with E-state index < -0.39 is 0 Å². The van der Waals surface area contributed by atoms with Gasteiger partial charge in [0.25, 0.3) is 11.5 Å². The van der Waals surface area contributed by atoms with Crippen molar-refractivity contribution in [2.75, 3.05) is 0 Å². The van der Waals surface area contributed by atoms with Crippen molar-refractivity contribution in [1.29, 1.82) is 0 Å². The van der Waals surface area contributed by atoms with Crippen LogP contribution in [0.5, 0.6) is 0 Å². The van der Waals surface area contributed by atoms with E-state index in [9.17, 15) is 9.59 Å². The summed E-state index contributed by atoms with van der Waals surface area (Å²) in [5.74, 6) is 0.184. The van der Waals surface area contributed by atoms with Crippen LogP contribution in [0, 0.1) is 6.92 Å². The van der Waals surface area contributed by atoms with Crippen molar-refractivity contribution in [3.8, 4) is 0 Å². The number of rotatable bonds is 4. The molecule has 1 saturated carbocycles. The standard InChI is InChI=1S/C22H24N2O3/c1-15-9-10-16-13-17(21(25)23-19(16)12-15)14-24(18-6-3-2-4-7-18)22(26)20-8-5-11-27-20/h5,8-13,18H,2-4,6-7,14H2,1H3,(H,23,25). The molecule has 1 aromatic carbocycles. The maximum Gasteiger partial charge on any atom is 0.290 e. The zero-order valence-corrected chi connectivity index (χ0v) is 15.5. The van der Waals surface area contributed by atoms with E-state index in [1.54, 1.807) is 12.1 Å².